The second kappa shape index (κ2) is 6.50. The SMILES string of the molecule is COc1ccc(O)c(C(CO)Sc2ccccc2)c1. The van der Waals surface area contributed by atoms with Crippen LogP contribution in [0.25, 0.3) is 0 Å². The molecule has 2 rings (SSSR count). The third-order valence-electron chi connectivity index (χ3n) is 2.77. The summed E-state index contributed by atoms with van der Waals surface area (Å²) >= 11 is 1.51. The molecule has 0 spiro atoms. The van der Waals surface area contributed by atoms with Crippen LogP contribution in [0, 0.1) is 0 Å². The summed E-state index contributed by atoms with van der Waals surface area (Å²) in [6.45, 7) is -0.0553. The lowest BCUT2D eigenvalue weighted by Crippen LogP contribution is -2.00. The molecule has 0 radical (unpaired) electrons. The largest absolute Gasteiger partial charge is 0.508 e. The van der Waals surface area contributed by atoms with Crippen molar-refractivity contribution in [3.63, 3.8) is 0 Å². The molecule has 3 nitrogen and oxygen atoms in total. The highest BCUT2D eigenvalue weighted by Crippen LogP contribution is 2.39. The molecule has 1 unspecified atom stereocenters. The lowest BCUT2D eigenvalue weighted by Gasteiger charge is -2.16. The number of phenols is 1. The Morgan fingerprint density at radius 2 is 1.89 bits per heavy atom. The number of aliphatic hydroxyl groups is 1. The van der Waals surface area contributed by atoms with Crippen molar-refractivity contribution in [3.05, 3.63) is 54.1 Å². The molecule has 0 aromatic heterocycles. The Bertz CT molecular complexity index is 528. The van der Waals surface area contributed by atoms with Crippen LogP contribution in [0.4, 0.5) is 0 Å². The molecule has 1 atom stereocenters. The van der Waals surface area contributed by atoms with Crippen molar-refractivity contribution in [1.82, 2.24) is 0 Å². The van der Waals surface area contributed by atoms with E-state index in [9.17, 15) is 10.2 Å². The lowest BCUT2D eigenvalue weighted by atomic mass is 10.1. The fraction of sp³-hybridized carbons (Fsp3) is 0.200. The summed E-state index contributed by atoms with van der Waals surface area (Å²) < 4.78 is 5.15. The van der Waals surface area contributed by atoms with E-state index in [0.29, 0.717) is 11.3 Å². The Labute approximate surface area is 116 Å². The van der Waals surface area contributed by atoms with E-state index < -0.39 is 0 Å². The van der Waals surface area contributed by atoms with Crippen LogP contribution in [0.5, 0.6) is 11.5 Å². The van der Waals surface area contributed by atoms with Crippen LogP contribution >= 0.6 is 11.8 Å². The first-order valence-electron chi connectivity index (χ1n) is 5.94. The van der Waals surface area contributed by atoms with Crippen molar-refractivity contribution in [1.29, 1.82) is 0 Å². The highest BCUT2D eigenvalue weighted by atomic mass is 32.2. The average Bonchev–Trinajstić information content (AvgIpc) is 2.47. The number of aliphatic hydroxyl groups excluding tert-OH is 1. The van der Waals surface area contributed by atoms with E-state index in [2.05, 4.69) is 0 Å². The topological polar surface area (TPSA) is 49.7 Å². The van der Waals surface area contributed by atoms with Crippen molar-refractivity contribution in [3.8, 4) is 11.5 Å². The van der Waals surface area contributed by atoms with Crippen LogP contribution in [-0.4, -0.2) is 23.9 Å². The van der Waals surface area contributed by atoms with Crippen molar-refractivity contribution < 1.29 is 14.9 Å². The van der Waals surface area contributed by atoms with Gasteiger partial charge in [0.15, 0.2) is 0 Å². The molecule has 0 amide bonds. The number of hydrogen-bond acceptors (Lipinski definition) is 4. The number of methoxy groups -OCH3 is 1. The van der Waals surface area contributed by atoms with Gasteiger partial charge in [-0.2, -0.15) is 0 Å². The number of aromatic hydroxyl groups is 1. The monoisotopic (exact) mass is 276 g/mol. The van der Waals surface area contributed by atoms with E-state index >= 15 is 0 Å². The second-order valence-corrected chi connectivity index (χ2v) is 5.30. The minimum absolute atomic E-state index is 0.0553. The normalized spacial score (nSPS) is 12.1. The summed E-state index contributed by atoms with van der Waals surface area (Å²) in [6, 6.07) is 14.8. The fourth-order valence-electron chi connectivity index (χ4n) is 1.78. The van der Waals surface area contributed by atoms with Gasteiger partial charge in [0.25, 0.3) is 0 Å². The molecule has 2 aromatic rings. The van der Waals surface area contributed by atoms with E-state index in [1.165, 1.54) is 11.8 Å². The molecule has 0 fully saturated rings. The average molecular weight is 276 g/mol. The van der Waals surface area contributed by atoms with Crippen molar-refractivity contribution in [2.75, 3.05) is 13.7 Å². The predicted octanol–water partition coefficient (Wildman–Crippen LogP) is 3.23. The zero-order chi connectivity index (χ0) is 13.7. The van der Waals surface area contributed by atoms with Gasteiger partial charge in [-0.05, 0) is 30.3 Å². The van der Waals surface area contributed by atoms with Gasteiger partial charge in [0.2, 0.25) is 0 Å². The molecule has 100 valence electrons. The molecule has 19 heavy (non-hydrogen) atoms. The number of benzene rings is 2. The van der Waals surface area contributed by atoms with Crippen LogP contribution in [-0.2, 0) is 0 Å². The number of ether oxygens (including phenoxy) is 1. The van der Waals surface area contributed by atoms with Crippen molar-refractivity contribution >= 4 is 11.8 Å². The van der Waals surface area contributed by atoms with Gasteiger partial charge < -0.3 is 14.9 Å². The van der Waals surface area contributed by atoms with Crippen molar-refractivity contribution in [2.24, 2.45) is 0 Å². The van der Waals surface area contributed by atoms with Gasteiger partial charge in [0.05, 0.1) is 19.0 Å². The fourth-order valence-corrected chi connectivity index (χ4v) is 2.81. The van der Waals surface area contributed by atoms with E-state index in [0.717, 1.165) is 4.90 Å². The summed E-state index contributed by atoms with van der Waals surface area (Å²) in [4.78, 5) is 1.05. The van der Waals surface area contributed by atoms with Gasteiger partial charge in [-0.1, -0.05) is 18.2 Å². The molecule has 0 aliphatic rings. The summed E-state index contributed by atoms with van der Waals surface area (Å²) in [5, 5.41) is 19.3. The molecule has 0 aliphatic heterocycles. The quantitative estimate of drug-likeness (QED) is 0.823. The zero-order valence-corrected chi connectivity index (χ0v) is 11.4. The predicted molar refractivity (Wildman–Crippen MR) is 76.8 cm³/mol. The van der Waals surface area contributed by atoms with Crippen LogP contribution < -0.4 is 4.74 Å². The molecule has 0 saturated heterocycles. The third-order valence-corrected chi connectivity index (χ3v) is 4.00. The Kier molecular flexibility index (Phi) is 4.71. The van der Waals surface area contributed by atoms with Gasteiger partial charge in [0.1, 0.15) is 11.5 Å². The van der Waals surface area contributed by atoms with Crippen LogP contribution in [0.1, 0.15) is 10.8 Å². The zero-order valence-electron chi connectivity index (χ0n) is 10.6. The minimum atomic E-state index is -0.225. The minimum Gasteiger partial charge on any atom is -0.508 e. The summed E-state index contributed by atoms with van der Waals surface area (Å²) in [6.07, 6.45) is 0. The van der Waals surface area contributed by atoms with Gasteiger partial charge >= 0.3 is 0 Å². The second-order valence-electron chi connectivity index (χ2n) is 4.03. The Hall–Kier alpha value is -1.65. The number of thioether (sulfide) groups is 1. The molecular weight excluding hydrogens is 260 g/mol. The number of phenolic OH excluding ortho intramolecular Hbond substituents is 1. The maximum absolute atomic E-state index is 9.93. The smallest absolute Gasteiger partial charge is 0.120 e. The molecule has 0 bridgehead atoms. The molecule has 4 heteroatoms. The maximum Gasteiger partial charge on any atom is 0.120 e. The van der Waals surface area contributed by atoms with Crippen LogP contribution in [0.3, 0.4) is 0 Å². The molecule has 0 saturated carbocycles. The van der Waals surface area contributed by atoms with Gasteiger partial charge in [-0.25, -0.2) is 0 Å². The van der Waals surface area contributed by atoms with E-state index in [1.807, 2.05) is 30.3 Å². The molecular formula is C15H16O3S. The lowest BCUT2D eigenvalue weighted by molar-refractivity contribution is 0.293. The number of hydrogen-bond donors (Lipinski definition) is 2. The Balaban J connectivity index is 2.26. The highest BCUT2D eigenvalue weighted by molar-refractivity contribution is 7.99. The van der Waals surface area contributed by atoms with Gasteiger partial charge in [-0.3, -0.25) is 0 Å². The van der Waals surface area contributed by atoms with Gasteiger partial charge in [0, 0.05) is 10.5 Å². The molecule has 0 aliphatic carbocycles. The first kappa shape index (κ1) is 13.8. The summed E-state index contributed by atoms with van der Waals surface area (Å²) in [7, 11) is 1.58. The van der Waals surface area contributed by atoms with Crippen molar-refractivity contribution in [2.45, 2.75) is 10.1 Å². The van der Waals surface area contributed by atoms with E-state index in [4.69, 9.17) is 4.74 Å². The number of rotatable bonds is 5. The van der Waals surface area contributed by atoms with Crippen LogP contribution in [0.2, 0.25) is 0 Å². The van der Waals surface area contributed by atoms with Crippen LogP contribution in [0.15, 0.2) is 53.4 Å². The molecule has 0 heterocycles. The maximum atomic E-state index is 9.93. The van der Waals surface area contributed by atoms with Gasteiger partial charge in [-0.15, -0.1) is 11.8 Å². The third kappa shape index (κ3) is 3.43. The van der Waals surface area contributed by atoms with E-state index in [1.54, 1.807) is 25.3 Å². The Morgan fingerprint density at radius 1 is 1.16 bits per heavy atom. The summed E-state index contributed by atoms with van der Waals surface area (Å²) in [5.41, 5.74) is 0.677. The standard InChI is InChI=1S/C15H16O3S/c1-18-11-7-8-14(17)13(9-11)15(10-16)19-12-5-3-2-4-6-12/h2-9,15-17H,10H2,1H3. The molecule has 2 N–H and O–H groups in total. The highest BCUT2D eigenvalue weighted by Gasteiger charge is 2.17. The first-order valence-corrected chi connectivity index (χ1v) is 6.82. The molecule has 2 aromatic carbocycles. The summed E-state index contributed by atoms with van der Waals surface area (Å²) in [5.74, 6) is 0.836. The Morgan fingerprint density at radius 3 is 2.53 bits per heavy atom. The van der Waals surface area contributed by atoms with E-state index in [-0.39, 0.29) is 17.6 Å². The first-order chi connectivity index (χ1) is 9.24.